The van der Waals surface area contributed by atoms with Gasteiger partial charge in [-0.25, -0.2) is 0 Å². The standard InChI is InChI=1S/C15H21NO3S/c1-10-4-5-13(8-11(10)2)20-7-6-14(17)16-12(3)9-15(18)19/h4-5,8,12H,6-7,9H2,1-3H3,(H,16,17)(H,18,19). The van der Waals surface area contributed by atoms with Crippen molar-refractivity contribution in [1.29, 1.82) is 0 Å². The predicted octanol–water partition coefficient (Wildman–Crippen LogP) is 2.77. The molecule has 0 spiro atoms. The fourth-order valence-electron chi connectivity index (χ4n) is 1.73. The highest BCUT2D eigenvalue weighted by Crippen LogP contribution is 2.21. The van der Waals surface area contributed by atoms with Crippen molar-refractivity contribution in [2.45, 2.75) is 44.6 Å². The summed E-state index contributed by atoms with van der Waals surface area (Å²) in [5, 5.41) is 11.3. The minimum absolute atomic E-state index is 0.0456. The van der Waals surface area contributed by atoms with Crippen LogP contribution in [0.25, 0.3) is 0 Å². The van der Waals surface area contributed by atoms with Gasteiger partial charge in [0.15, 0.2) is 0 Å². The zero-order valence-electron chi connectivity index (χ0n) is 12.1. The van der Waals surface area contributed by atoms with Crippen LogP contribution in [0.3, 0.4) is 0 Å². The van der Waals surface area contributed by atoms with E-state index in [-0.39, 0.29) is 18.4 Å². The minimum atomic E-state index is -0.901. The second-order valence-corrected chi connectivity index (χ2v) is 6.08. The summed E-state index contributed by atoms with van der Waals surface area (Å²) in [6.07, 6.45) is 0.345. The fraction of sp³-hybridized carbons (Fsp3) is 0.467. The number of rotatable bonds is 7. The monoisotopic (exact) mass is 295 g/mol. The third-order valence-corrected chi connectivity index (χ3v) is 3.96. The van der Waals surface area contributed by atoms with E-state index < -0.39 is 5.97 Å². The first kappa shape index (κ1) is 16.6. The maximum absolute atomic E-state index is 11.6. The molecule has 0 bridgehead atoms. The van der Waals surface area contributed by atoms with Crippen molar-refractivity contribution in [2.75, 3.05) is 5.75 Å². The Morgan fingerprint density at radius 2 is 2.00 bits per heavy atom. The zero-order chi connectivity index (χ0) is 15.1. The number of thioether (sulfide) groups is 1. The van der Waals surface area contributed by atoms with Crippen LogP contribution >= 0.6 is 11.8 Å². The molecule has 0 saturated heterocycles. The summed E-state index contributed by atoms with van der Waals surface area (Å²) >= 11 is 1.64. The van der Waals surface area contributed by atoms with Gasteiger partial charge in [-0.05, 0) is 44.0 Å². The first-order chi connectivity index (χ1) is 9.38. The molecule has 2 N–H and O–H groups in total. The molecule has 20 heavy (non-hydrogen) atoms. The lowest BCUT2D eigenvalue weighted by Crippen LogP contribution is -2.34. The molecule has 1 rings (SSSR count). The summed E-state index contributed by atoms with van der Waals surface area (Å²) in [5.74, 6) is -0.314. The maximum Gasteiger partial charge on any atom is 0.305 e. The predicted molar refractivity (Wildman–Crippen MR) is 81.1 cm³/mol. The third kappa shape index (κ3) is 6.10. The highest BCUT2D eigenvalue weighted by Gasteiger charge is 2.10. The van der Waals surface area contributed by atoms with Crippen molar-refractivity contribution in [2.24, 2.45) is 0 Å². The molecule has 1 aromatic rings. The molecule has 0 heterocycles. The number of carbonyl (C=O) groups excluding carboxylic acids is 1. The molecule has 110 valence electrons. The highest BCUT2D eigenvalue weighted by molar-refractivity contribution is 7.99. The Morgan fingerprint density at radius 3 is 2.60 bits per heavy atom. The number of carboxylic acids is 1. The van der Waals surface area contributed by atoms with Crippen LogP contribution in [0.5, 0.6) is 0 Å². The van der Waals surface area contributed by atoms with E-state index >= 15 is 0 Å². The summed E-state index contributed by atoms with van der Waals surface area (Å²) in [6.45, 7) is 5.84. The van der Waals surface area contributed by atoms with Gasteiger partial charge in [0.2, 0.25) is 5.91 Å². The molecule has 0 fully saturated rings. The Balaban J connectivity index is 2.31. The fourth-order valence-corrected chi connectivity index (χ4v) is 2.67. The normalized spacial score (nSPS) is 11.9. The van der Waals surface area contributed by atoms with Crippen LogP contribution in [0.1, 0.15) is 30.9 Å². The number of hydrogen-bond acceptors (Lipinski definition) is 3. The molecular formula is C15H21NO3S. The lowest BCUT2D eigenvalue weighted by molar-refractivity contribution is -0.137. The Kier molecular flexibility index (Phi) is 6.58. The third-order valence-electron chi connectivity index (χ3n) is 2.96. The molecule has 1 aromatic carbocycles. The Bertz CT molecular complexity index is 488. The number of aliphatic carboxylic acids is 1. The Labute approximate surface area is 124 Å². The zero-order valence-corrected chi connectivity index (χ0v) is 12.9. The molecule has 0 aliphatic carbocycles. The van der Waals surface area contributed by atoms with Crippen LogP contribution in [0.2, 0.25) is 0 Å². The number of amides is 1. The number of benzene rings is 1. The summed E-state index contributed by atoms with van der Waals surface area (Å²) in [7, 11) is 0. The van der Waals surface area contributed by atoms with Gasteiger partial charge in [-0.1, -0.05) is 6.07 Å². The van der Waals surface area contributed by atoms with Crippen molar-refractivity contribution in [3.63, 3.8) is 0 Å². The van der Waals surface area contributed by atoms with E-state index in [1.165, 1.54) is 11.1 Å². The lowest BCUT2D eigenvalue weighted by atomic mass is 10.1. The molecule has 1 amide bonds. The number of hydrogen-bond donors (Lipinski definition) is 2. The minimum Gasteiger partial charge on any atom is -0.481 e. The Morgan fingerprint density at radius 1 is 1.30 bits per heavy atom. The maximum atomic E-state index is 11.6. The second kappa shape index (κ2) is 7.94. The van der Waals surface area contributed by atoms with E-state index in [2.05, 4.69) is 37.4 Å². The molecule has 1 atom stereocenters. The van der Waals surface area contributed by atoms with Crippen LogP contribution in [0.4, 0.5) is 0 Å². The molecule has 0 saturated carbocycles. The molecular weight excluding hydrogens is 274 g/mol. The van der Waals surface area contributed by atoms with Gasteiger partial charge >= 0.3 is 5.97 Å². The highest BCUT2D eigenvalue weighted by atomic mass is 32.2. The van der Waals surface area contributed by atoms with Gasteiger partial charge in [0.05, 0.1) is 6.42 Å². The van der Waals surface area contributed by atoms with Crippen LogP contribution in [-0.2, 0) is 9.59 Å². The van der Waals surface area contributed by atoms with E-state index in [4.69, 9.17) is 5.11 Å². The van der Waals surface area contributed by atoms with E-state index in [0.717, 1.165) is 4.90 Å². The molecule has 5 heteroatoms. The van der Waals surface area contributed by atoms with Crippen molar-refractivity contribution in [3.05, 3.63) is 29.3 Å². The van der Waals surface area contributed by atoms with Gasteiger partial charge in [-0.2, -0.15) is 0 Å². The molecule has 4 nitrogen and oxygen atoms in total. The van der Waals surface area contributed by atoms with Gasteiger partial charge < -0.3 is 10.4 Å². The molecule has 0 aliphatic heterocycles. The molecule has 0 radical (unpaired) electrons. The Hall–Kier alpha value is -1.49. The number of carboxylic acid groups (broad SMARTS) is 1. The molecule has 0 aliphatic rings. The van der Waals surface area contributed by atoms with Gasteiger partial charge in [0.25, 0.3) is 0 Å². The van der Waals surface area contributed by atoms with Gasteiger partial charge in [-0.3, -0.25) is 9.59 Å². The van der Waals surface area contributed by atoms with Gasteiger partial charge in [-0.15, -0.1) is 11.8 Å². The number of aryl methyl sites for hydroxylation is 2. The van der Waals surface area contributed by atoms with E-state index in [0.29, 0.717) is 12.2 Å². The van der Waals surface area contributed by atoms with Crippen LogP contribution in [-0.4, -0.2) is 28.8 Å². The van der Waals surface area contributed by atoms with E-state index in [9.17, 15) is 9.59 Å². The summed E-state index contributed by atoms with van der Waals surface area (Å²) in [5.41, 5.74) is 2.50. The van der Waals surface area contributed by atoms with E-state index in [1.807, 2.05) is 0 Å². The van der Waals surface area contributed by atoms with Gasteiger partial charge in [0.1, 0.15) is 0 Å². The van der Waals surface area contributed by atoms with Gasteiger partial charge in [0, 0.05) is 23.1 Å². The average Bonchev–Trinajstić information content (AvgIpc) is 2.32. The summed E-state index contributed by atoms with van der Waals surface area (Å²) in [4.78, 5) is 23.3. The van der Waals surface area contributed by atoms with Crippen molar-refractivity contribution in [1.82, 2.24) is 5.32 Å². The smallest absolute Gasteiger partial charge is 0.305 e. The largest absolute Gasteiger partial charge is 0.481 e. The summed E-state index contributed by atoms with van der Waals surface area (Å²) in [6, 6.07) is 5.92. The van der Waals surface area contributed by atoms with E-state index in [1.54, 1.807) is 18.7 Å². The second-order valence-electron chi connectivity index (χ2n) is 4.91. The van der Waals surface area contributed by atoms with Crippen molar-refractivity contribution < 1.29 is 14.7 Å². The first-order valence-electron chi connectivity index (χ1n) is 6.59. The number of nitrogens with one attached hydrogen (secondary N) is 1. The topological polar surface area (TPSA) is 66.4 Å². The van der Waals surface area contributed by atoms with Crippen LogP contribution in [0, 0.1) is 13.8 Å². The lowest BCUT2D eigenvalue weighted by Gasteiger charge is -2.11. The average molecular weight is 295 g/mol. The van der Waals surface area contributed by atoms with Crippen molar-refractivity contribution >= 4 is 23.6 Å². The molecule has 1 unspecified atom stereocenters. The molecule has 0 aromatic heterocycles. The van der Waals surface area contributed by atoms with Crippen molar-refractivity contribution in [3.8, 4) is 0 Å². The van der Waals surface area contributed by atoms with Crippen LogP contribution in [0.15, 0.2) is 23.1 Å². The quantitative estimate of drug-likeness (QED) is 0.759. The first-order valence-corrected chi connectivity index (χ1v) is 7.58. The van der Waals surface area contributed by atoms with Crippen LogP contribution < -0.4 is 5.32 Å². The SMILES string of the molecule is Cc1ccc(SCCC(=O)NC(C)CC(=O)O)cc1C. The number of carbonyl (C=O) groups is 2. The summed E-state index contributed by atoms with van der Waals surface area (Å²) < 4.78 is 0.